The van der Waals surface area contributed by atoms with Crippen LogP contribution in [0.4, 0.5) is 0 Å². The largest absolute Gasteiger partial charge is 0.460 e. The Kier molecular flexibility index (Phi) is 13.0. The molecule has 45 heavy (non-hydrogen) atoms. The van der Waals surface area contributed by atoms with E-state index < -0.39 is 104 Å². The van der Waals surface area contributed by atoms with Gasteiger partial charge in [-0.05, 0) is 27.7 Å². The monoisotopic (exact) mass is 650 g/mol. The minimum absolute atomic E-state index is 0.0982. The molecule has 0 aromatic carbocycles. The highest BCUT2D eigenvalue weighted by Crippen LogP contribution is 2.35. The van der Waals surface area contributed by atoms with Crippen molar-refractivity contribution in [2.75, 3.05) is 28.4 Å². The van der Waals surface area contributed by atoms with Crippen LogP contribution in [0.1, 0.15) is 53.9 Å². The fourth-order valence-corrected chi connectivity index (χ4v) is 6.54. The predicted octanol–water partition coefficient (Wildman–Crippen LogP) is 0.845. The summed E-state index contributed by atoms with van der Waals surface area (Å²) in [5.74, 6) is -0.896. The van der Waals surface area contributed by atoms with Gasteiger partial charge in [0, 0.05) is 48.2 Å². The van der Waals surface area contributed by atoms with Gasteiger partial charge in [0.15, 0.2) is 25.0 Å². The summed E-state index contributed by atoms with van der Waals surface area (Å²) in [6.45, 7) is 8.41. The Bertz CT molecular complexity index is 968. The van der Waals surface area contributed by atoms with Gasteiger partial charge >= 0.3 is 11.9 Å². The van der Waals surface area contributed by atoms with E-state index >= 15 is 0 Å². The van der Waals surface area contributed by atoms with Crippen molar-refractivity contribution in [3.8, 4) is 0 Å². The zero-order chi connectivity index (χ0) is 33.0. The molecule has 4 saturated heterocycles. The molecule has 0 aliphatic carbocycles. The number of carbonyl (C=O) groups excluding carboxylic acids is 2. The van der Waals surface area contributed by atoms with Gasteiger partial charge in [0.25, 0.3) is 0 Å². The summed E-state index contributed by atoms with van der Waals surface area (Å²) >= 11 is 0. The highest BCUT2D eigenvalue weighted by molar-refractivity contribution is 5.71. The molecule has 0 aromatic rings. The maximum absolute atomic E-state index is 11.9. The molecule has 15 nitrogen and oxygen atoms in total. The van der Waals surface area contributed by atoms with Gasteiger partial charge in [-0.1, -0.05) is 0 Å². The number of esters is 2. The molecule has 4 rings (SSSR count). The van der Waals surface area contributed by atoms with Crippen LogP contribution >= 0.6 is 0 Å². The second-order valence-corrected chi connectivity index (χ2v) is 12.0. The normalized spacial score (nSPS) is 46.0. The lowest BCUT2D eigenvalue weighted by atomic mass is 9.97. The van der Waals surface area contributed by atoms with E-state index in [2.05, 4.69) is 0 Å². The van der Waals surface area contributed by atoms with E-state index in [-0.39, 0.29) is 12.4 Å². The van der Waals surface area contributed by atoms with Gasteiger partial charge in [-0.3, -0.25) is 9.59 Å². The smallest absolute Gasteiger partial charge is 0.308 e. The number of carbonyl (C=O) groups is 2. The first-order valence-electron chi connectivity index (χ1n) is 15.5. The van der Waals surface area contributed by atoms with Crippen molar-refractivity contribution in [2.45, 2.75) is 152 Å². The highest BCUT2D eigenvalue weighted by atomic mass is 16.8. The summed E-state index contributed by atoms with van der Waals surface area (Å²) in [4.78, 5) is 23.7. The van der Waals surface area contributed by atoms with Gasteiger partial charge in [0.05, 0.1) is 43.0 Å². The number of aliphatic hydroxyl groups is 1. The maximum atomic E-state index is 11.9. The number of cyclic esters (lactones) is 1. The number of methoxy groups -OCH3 is 4. The lowest BCUT2D eigenvalue weighted by molar-refractivity contribution is -0.353. The van der Waals surface area contributed by atoms with Gasteiger partial charge in [-0.15, -0.1) is 0 Å². The van der Waals surface area contributed by atoms with Crippen molar-refractivity contribution in [3.05, 3.63) is 0 Å². The zero-order valence-electron chi connectivity index (χ0n) is 27.5. The van der Waals surface area contributed by atoms with Gasteiger partial charge < -0.3 is 61.9 Å². The molecule has 0 saturated carbocycles. The van der Waals surface area contributed by atoms with Crippen LogP contribution in [0.3, 0.4) is 0 Å². The summed E-state index contributed by atoms with van der Waals surface area (Å²) in [6.07, 6.45) is -9.58. The SMILES string of the molecule is CO[C@H]1[C@H](O)[C@H](C)O[C@@H](O[C@H]2[C@H](C)O[C@H](O[C@@H]3[C@@H](C)O[C@H](O[C@@H]4[C@@H](C)OC(=O)C[C@H]4OC)C[C@H]3OC)C[C@@H]2OC)[C@H]1OC(C)=O. The molecule has 16 atom stereocenters. The van der Waals surface area contributed by atoms with E-state index in [0.717, 1.165) is 0 Å². The van der Waals surface area contributed by atoms with Crippen molar-refractivity contribution in [2.24, 2.45) is 0 Å². The van der Waals surface area contributed by atoms with Gasteiger partial charge in [0.2, 0.25) is 0 Å². The molecule has 4 heterocycles. The van der Waals surface area contributed by atoms with Crippen LogP contribution in [0.15, 0.2) is 0 Å². The topological polar surface area (TPSA) is 165 Å². The third-order valence-corrected chi connectivity index (χ3v) is 8.90. The lowest BCUT2D eigenvalue weighted by Gasteiger charge is -2.47. The quantitative estimate of drug-likeness (QED) is 0.313. The summed E-state index contributed by atoms with van der Waals surface area (Å²) in [5.41, 5.74) is 0. The molecular formula is C30H50O15. The third kappa shape index (κ3) is 8.51. The van der Waals surface area contributed by atoms with Gasteiger partial charge in [-0.2, -0.15) is 0 Å². The molecule has 4 aliphatic rings. The molecule has 0 spiro atoms. The third-order valence-electron chi connectivity index (χ3n) is 8.90. The second-order valence-electron chi connectivity index (χ2n) is 12.0. The summed E-state index contributed by atoms with van der Waals surface area (Å²) < 4.78 is 70.8. The molecular weight excluding hydrogens is 600 g/mol. The van der Waals surface area contributed by atoms with Crippen LogP contribution in [0.2, 0.25) is 0 Å². The summed E-state index contributed by atoms with van der Waals surface area (Å²) in [7, 11) is 6.12. The minimum Gasteiger partial charge on any atom is -0.460 e. The second kappa shape index (κ2) is 16.1. The van der Waals surface area contributed by atoms with Crippen LogP contribution in [-0.4, -0.2) is 144 Å². The Hall–Kier alpha value is -1.50. The Morgan fingerprint density at radius 1 is 0.667 bits per heavy atom. The van der Waals surface area contributed by atoms with E-state index in [1.807, 2.05) is 13.8 Å². The molecule has 0 unspecified atom stereocenters. The number of hydrogen-bond donors (Lipinski definition) is 1. The summed E-state index contributed by atoms with van der Waals surface area (Å²) in [5, 5.41) is 10.6. The average Bonchev–Trinajstić information content (AvgIpc) is 2.98. The maximum Gasteiger partial charge on any atom is 0.308 e. The average molecular weight is 651 g/mol. The standard InChI is InChI=1S/C30H50O15/c1-13-24(33)28(37-9)29(42-17(5)31)30(41-13)45-27-16(4)40-23(12-20(27)36-8)44-26-15(3)39-22(11-19(26)35-7)43-25-14(2)38-21(32)10-18(25)34-6/h13-16,18-20,22-30,33H,10-12H2,1-9H3/t13-,14+,15+,16-,18+,19+,20-,22+,23+,24+,25+,26+,27-,28-,29-,30-/m0/s1. The summed E-state index contributed by atoms with van der Waals surface area (Å²) in [6, 6.07) is 0. The first kappa shape index (κ1) is 36.3. The fraction of sp³-hybridized carbons (Fsp3) is 0.933. The molecule has 0 aromatic heterocycles. The van der Waals surface area contributed by atoms with Crippen LogP contribution in [0.5, 0.6) is 0 Å². The Morgan fingerprint density at radius 2 is 1.18 bits per heavy atom. The van der Waals surface area contributed by atoms with Crippen LogP contribution < -0.4 is 0 Å². The van der Waals surface area contributed by atoms with Crippen molar-refractivity contribution in [1.29, 1.82) is 0 Å². The van der Waals surface area contributed by atoms with Crippen molar-refractivity contribution >= 4 is 11.9 Å². The highest BCUT2D eigenvalue weighted by Gasteiger charge is 2.51. The van der Waals surface area contributed by atoms with E-state index in [0.29, 0.717) is 12.8 Å². The number of ether oxygens (including phenoxy) is 12. The molecule has 1 N–H and O–H groups in total. The minimum atomic E-state index is -1.04. The molecule has 4 aliphatic heterocycles. The number of hydrogen-bond acceptors (Lipinski definition) is 15. The fourth-order valence-electron chi connectivity index (χ4n) is 6.54. The zero-order valence-corrected chi connectivity index (χ0v) is 27.5. The Morgan fingerprint density at radius 3 is 1.67 bits per heavy atom. The number of aliphatic hydroxyl groups excluding tert-OH is 1. The predicted molar refractivity (Wildman–Crippen MR) is 152 cm³/mol. The molecule has 260 valence electrons. The van der Waals surface area contributed by atoms with Crippen LogP contribution in [-0.2, 0) is 66.4 Å². The lowest BCUT2D eigenvalue weighted by Crippen LogP contribution is -2.62. The van der Waals surface area contributed by atoms with E-state index in [1.54, 1.807) is 28.1 Å². The first-order chi connectivity index (χ1) is 21.4. The molecule has 0 amide bonds. The Labute approximate surface area is 264 Å². The Balaban J connectivity index is 1.39. The van der Waals surface area contributed by atoms with Gasteiger partial charge in [-0.25, -0.2) is 0 Å². The first-order valence-corrected chi connectivity index (χ1v) is 15.5. The molecule has 4 fully saturated rings. The van der Waals surface area contributed by atoms with E-state index in [9.17, 15) is 14.7 Å². The molecule has 15 heteroatoms. The van der Waals surface area contributed by atoms with E-state index in [4.69, 9.17) is 56.8 Å². The molecule has 0 radical (unpaired) electrons. The van der Waals surface area contributed by atoms with Crippen LogP contribution in [0, 0.1) is 0 Å². The van der Waals surface area contributed by atoms with Crippen molar-refractivity contribution in [3.63, 3.8) is 0 Å². The van der Waals surface area contributed by atoms with Crippen molar-refractivity contribution < 1.29 is 71.5 Å². The van der Waals surface area contributed by atoms with Crippen LogP contribution in [0.25, 0.3) is 0 Å². The number of rotatable bonds is 11. The van der Waals surface area contributed by atoms with Gasteiger partial charge in [0.1, 0.15) is 36.6 Å². The molecule has 0 bridgehead atoms. The van der Waals surface area contributed by atoms with E-state index in [1.165, 1.54) is 21.1 Å². The van der Waals surface area contributed by atoms with Crippen molar-refractivity contribution in [1.82, 2.24) is 0 Å².